The number of halogens is 3. The highest BCUT2D eigenvalue weighted by Gasteiger charge is 2.41. The SMILES string of the molecule is Cc1ccc(C(C)N2CCNCC(C(F)(F)F)C2)cc1. The fourth-order valence-corrected chi connectivity index (χ4v) is 2.56. The fourth-order valence-electron chi connectivity index (χ4n) is 2.56. The lowest BCUT2D eigenvalue weighted by Gasteiger charge is -2.31. The van der Waals surface area contributed by atoms with Gasteiger partial charge in [0.25, 0.3) is 0 Å². The van der Waals surface area contributed by atoms with E-state index in [1.807, 2.05) is 43.0 Å². The highest BCUT2D eigenvalue weighted by Crippen LogP contribution is 2.30. The second-order valence-corrected chi connectivity index (χ2v) is 5.52. The molecule has 1 aromatic rings. The number of nitrogens with zero attached hydrogens (tertiary/aromatic N) is 1. The summed E-state index contributed by atoms with van der Waals surface area (Å²) >= 11 is 0. The molecule has 0 amide bonds. The molecule has 1 fully saturated rings. The molecule has 0 bridgehead atoms. The van der Waals surface area contributed by atoms with Crippen LogP contribution in [0, 0.1) is 12.8 Å². The first-order valence-electron chi connectivity index (χ1n) is 6.96. The van der Waals surface area contributed by atoms with Crippen LogP contribution < -0.4 is 5.32 Å². The van der Waals surface area contributed by atoms with Crippen molar-refractivity contribution in [1.29, 1.82) is 0 Å². The van der Waals surface area contributed by atoms with E-state index in [2.05, 4.69) is 5.32 Å². The van der Waals surface area contributed by atoms with E-state index in [-0.39, 0.29) is 19.1 Å². The summed E-state index contributed by atoms with van der Waals surface area (Å²) in [6, 6.07) is 8.01. The lowest BCUT2D eigenvalue weighted by atomic mass is 10.0. The van der Waals surface area contributed by atoms with Crippen molar-refractivity contribution >= 4 is 0 Å². The Morgan fingerprint density at radius 3 is 2.50 bits per heavy atom. The third-order valence-corrected chi connectivity index (χ3v) is 3.99. The first-order chi connectivity index (χ1) is 9.38. The maximum atomic E-state index is 12.9. The minimum atomic E-state index is -4.14. The number of aryl methyl sites for hydroxylation is 1. The standard InChI is InChI=1S/C15H21F3N2/c1-11-3-5-13(6-4-11)12(2)20-8-7-19-9-14(10-20)15(16,17)18/h3-6,12,14,19H,7-10H2,1-2H3. The molecule has 20 heavy (non-hydrogen) atoms. The predicted octanol–water partition coefficient (Wildman–Crippen LogP) is 3.14. The van der Waals surface area contributed by atoms with Crippen LogP contribution in [0.5, 0.6) is 0 Å². The van der Waals surface area contributed by atoms with Crippen LogP contribution in [0.25, 0.3) is 0 Å². The highest BCUT2D eigenvalue weighted by atomic mass is 19.4. The Balaban J connectivity index is 2.11. The van der Waals surface area contributed by atoms with E-state index < -0.39 is 12.1 Å². The van der Waals surface area contributed by atoms with E-state index >= 15 is 0 Å². The molecule has 2 unspecified atom stereocenters. The molecule has 0 aliphatic carbocycles. The molecule has 1 heterocycles. The van der Waals surface area contributed by atoms with Crippen LogP contribution in [0.1, 0.15) is 24.1 Å². The second-order valence-electron chi connectivity index (χ2n) is 5.52. The minimum Gasteiger partial charge on any atom is -0.315 e. The van der Waals surface area contributed by atoms with Crippen LogP contribution in [0.2, 0.25) is 0 Å². The van der Waals surface area contributed by atoms with Crippen molar-refractivity contribution in [3.05, 3.63) is 35.4 Å². The van der Waals surface area contributed by atoms with E-state index in [0.717, 1.165) is 11.1 Å². The van der Waals surface area contributed by atoms with Gasteiger partial charge >= 0.3 is 6.18 Å². The molecule has 2 atom stereocenters. The van der Waals surface area contributed by atoms with Gasteiger partial charge in [0.1, 0.15) is 0 Å². The summed E-state index contributed by atoms with van der Waals surface area (Å²) in [5.41, 5.74) is 2.23. The van der Waals surface area contributed by atoms with Gasteiger partial charge in [-0.25, -0.2) is 0 Å². The average Bonchev–Trinajstić information content (AvgIpc) is 2.64. The van der Waals surface area contributed by atoms with Crippen LogP contribution in [0.15, 0.2) is 24.3 Å². The Morgan fingerprint density at radius 2 is 1.90 bits per heavy atom. The van der Waals surface area contributed by atoms with E-state index in [0.29, 0.717) is 13.1 Å². The molecule has 0 spiro atoms. The van der Waals surface area contributed by atoms with Gasteiger partial charge in [-0.3, -0.25) is 4.90 Å². The van der Waals surface area contributed by atoms with Crippen molar-refractivity contribution in [2.24, 2.45) is 5.92 Å². The van der Waals surface area contributed by atoms with E-state index in [4.69, 9.17) is 0 Å². The molecule has 0 aromatic heterocycles. The van der Waals surface area contributed by atoms with Crippen LogP contribution in [0.3, 0.4) is 0 Å². The molecule has 1 N–H and O–H groups in total. The lowest BCUT2D eigenvalue weighted by molar-refractivity contribution is -0.176. The zero-order valence-electron chi connectivity index (χ0n) is 11.9. The number of rotatable bonds is 2. The Hall–Kier alpha value is -1.07. The van der Waals surface area contributed by atoms with Gasteiger partial charge in [-0.2, -0.15) is 13.2 Å². The van der Waals surface area contributed by atoms with Crippen LogP contribution in [0.4, 0.5) is 13.2 Å². The molecule has 1 aliphatic heterocycles. The molecule has 2 rings (SSSR count). The van der Waals surface area contributed by atoms with Crippen molar-refractivity contribution in [2.75, 3.05) is 26.2 Å². The maximum absolute atomic E-state index is 12.9. The number of benzene rings is 1. The van der Waals surface area contributed by atoms with Crippen LogP contribution in [-0.2, 0) is 0 Å². The topological polar surface area (TPSA) is 15.3 Å². The van der Waals surface area contributed by atoms with Crippen molar-refractivity contribution in [1.82, 2.24) is 10.2 Å². The Kier molecular flexibility index (Phi) is 4.70. The van der Waals surface area contributed by atoms with E-state index in [1.165, 1.54) is 0 Å². The van der Waals surface area contributed by atoms with Gasteiger partial charge in [-0.1, -0.05) is 29.8 Å². The van der Waals surface area contributed by atoms with Gasteiger partial charge in [0.15, 0.2) is 0 Å². The summed E-state index contributed by atoms with van der Waals surface area (Å²) in [7, 11) is 0. The Morgan fingerprint density at radius 1 is 1.25 bits per heavy atom. The van der Waals surface area contributed by atoms with Gasteiger partial charge in [-0.15, -0.1) is 0 Å². The average molecular weight is 286 g/mol. The fraction of sp³-hybridized carbons (Fsp3) is 0.600. The zero-order valence-corrected chi connectivity index (χ0v) is 11.9. The maximum Gasteiger partial charge on any atom is 0.394 e. The lowest BCUT2D eigenvalue weighted by Crippen LogP contribution is -2.39. The summed E-state index contributed by atoms with van der Waals surface area (Å²) < 4.78 is 38.8. The van der Waals surface area contributed by atoms with Crippen molar-refractivity contribution in [2.45, 2.75) is 26.1 Å². The Labute approximate surface area is 118 Å². The molecule has 0 saturated carbocycles. The molecule has 5 heteroatoms. The van der Waals surface area contributed by atoms with Gasteiger partial charge in [0.05, 0.1) is 5.92 Å². The molecule has 1 aliphatic rings. The quantitative estimate of drug-likeness (QED) is 0.898. The summed E-state index contributed by atoms with van der Waals surface area (Å²) in [6.45, 7) is 5.30. The van der Waals surface area contributed by atoms with Gasteiger partial charge in [0, 0.05) is 32.2 Å². The molecule has 2 nitrogen and oxygen atoms in total. The van der Waals surface area contributed by atoms with Gasteiger partial charge in [-0.05, 0) is 19.4 Å². The number of nitrogens with one attached hydrogen (secondary N) is 1. The van der Waals surface area contributed by atoms with E-state index in [1.54, 1.807) is 0 Å². The smallest absolute Gasteiger partial charge is 0.315 e. The Bertz CT molecular complexity index is 428. The molecular weight excluding hydrogens is 265 g/mol. The summed E-state index contributed by atoms with van der Waals surface area (Å²) in [5.74, 6) is -1.29. The largest absolute Gasteiger partial charge is 0.394 e. The van der Waals surface area contributed by atoms with Crippen molar-refractivity contribution < 1.29 is 13.2 Å². The molecular formula is C15H21F3N2. The van der Waals surface area contributed by atoms with Gasteiger partial charge < -0.3 is 5.32 Å². The monoisotopic (exact) mass is 286 g/mol. The van der Waals surface area contributed by atoms with E-state index in [9.17, 15) is 13.2 Å². The summed E-state index contributed by atoms with van der Waals surface area (Å²) in [4.78, 5) is 1.92. The second kappa shape index (κ2) is 6.14. The van der Waals surface area contributed by atoms with Crippen LogP contribution in [-0.4, -0.2) is 37.3 Å². The van der Waals surface area contributed by atoms with Gasteiger partial charge in [0.2, 0.25) is 0 Å². The number of alkyl halides is 3. The summed E-state index contributed by atoms with van der Waals surface area (Å²) in [5, 5.41) is 2.89. The molecule has 1 saturated heterocycles. The highest BCUT2D eigenvalue weighted by molar-refractivity contribution is 5.23. The predicted molar refractivity (Wildman–Crippen MR) is 73.6 cm³/mol. The minimum absolute atomic E-state index is 0.000324. The van der Waals surface area contributed by atoms with Crippen LogP contribution >= 0.6 is 0 Å². The first-order valence-corrected chi connectivity index (χ1v) is 6.96. The first kappa shape index (κ1) is 15.3. The molecule has 0 radical (unpaired) electrons. The normalized spacial score (nSPS) is 23.4. The van der Waals surface area contributed by atoms with Crippen molar-refractivity contribution in [3.63, 3.8) is 0 Å². The zero-order chi connectivity index (χ0) is 14.8. The molecule has 1 aromatic carbocycles. The third kappa shape index (κ3) is 3.73. The number of hydrogen-bond acceptors (Lipinski definition) is 2. The number of hydrogen-bond donors (Lipinski definition) is 1. The van der Waals surface area contributed by atoms with Crippen molar-refractivity contribution in [3.8, 4) is 0 Å². The third-order valence-electron chi connectivity index (χ3n) is 3.99. The summed E-state index contributed by atoms with van der Waals surface area (Å²) in [6.07, 6.45) is -4.14. The molecule has 112 valence electrons.